The van der Waals surface area contributed by atoms with Crippen LogP contribution in [0.3, 0.4) is 0 Å². The highest BCUT2D eigenvalue weighted by molar-refractivity contribution is 7.99. The summed E-state index contributed by atoms with van der Waals surface area (Å²) in [6, 6.07) is 13.3. The summed E-state index contributed by atoms with van der Waals surface area (Å²) >= 11 is 1.24. The van der Waals surface area contributed by atoms with E-state index in [0.29, 0.717) is 36.4 Å². The molecule has 0 bridgehead atoms. The molecule has 9 heteroatoms. The van der Waals surface area contributed by atoms with Gasteiger partial charge in [0.2, 0.25) is 16.9 Å². The molecule has 3 rings (SSSR count). The van der Waals surface area contributed by atoms with Crippen molar-refractivity contribution in [3.05, 3.63) is 54.3 Å². The van der Waals surface area contributed by atoms with Gasteiger partial charge < -0.3 is 19.9 Å². The van der Waals surface area contributed by atoms with Gasteiger partial charge in [-0.1, -0.05) is 42.1 Å². The maximum atomic E-state index is 12.7. The van der Waals surface area contributed by atoms with Crippen LogP contribution < -0.4 is 5.84 Å². The molecule has 0 fully saturated rings. The number of hydrogen-bond donors (Lipinski definition) is 1. The topological polar surface area (TPSA) is 99.4 Å². The van der Waals surface area contributed by atoms with Gasteiger partial charge in [0.1, 0.15) is 0 Å². The molecule has 0 radical (unpaired) electrons. The Kier molecular flexibility index (Phi) is 6.50. The lowest BCUT2D eigenvalue weighted by Crippen LogP contribution is -2.34. The fourth-order valence-corrected chi connectivity index (χ4v) is 3.22. The van der Waals surface area contributed by atoms with Crippen molar-refractivity contribution in [3.8, 4) is 11.6 Å². The molecule has 0 saturated heterocycles. The van der Waals surface area contributed by atoms with Crippen LogP contribution in [0.5, 0.6) is 0 Å². The first-order chi connectivity index (χ1) is 13.2. The lowest BCUT2D eigenvalue weighted by Gasteiger charge is -2.22. The highest BCUT2D eigenvalue weighted by atomic mass is 32.2. The van der Waals surface area contributed by atoms with Gasteiger partial charge in [-0.2, -0.15) is 0 Å². The number of hydrogen-bond acceptors (Lipinski definition) is 7. The van der Waals surface area contributed by atoms with Crippen LogP contribution >= 0.6 is 11.8 Å². The van der Waals surface area contributed by atoms with Crippen LogP contribution in [0.2, 0.25) is 0 Å². The fraction of sp³-hybridized carbons (Fsp3) is 0.278. The van der Waals surface area contributed by atoms with Gasteiger partial charge in [-0.15, -0.1) is 10.2 Å². The van der Waals surface area contributed by atoms with Crippen LogP contribution in [0, 0.1) is 0 Å². The van der Waals surface area contributed by atoms with E-state index < -0.39 is 0 Å². The number of benzene rings is 1. The Labute approximate surface area is 161 Å². The number of rotatable bonds is 9. The molecule has 0 aliphatic rings. The van der Waals surface area contributed by atoms with Gasteiger partial charge in [0.25, 0.3) is 0 Å². The minimum Gasteiger partial charge on any atom is -0.461 e. The summed E-state index contributed by atoms with van der Waals surface area (Å²) in [4.78, 5) is 14.5. The second-order valence-electron chi connectivity index (χ2n) is 5.74. The predicted octanol–water partition coefficient (Wildman–Crippen LogP) is 2.02. The van der Waals surface area contributed by atoms with E-state index in [4.69, 9.17) is 15.0 Å². The first-order valence-corrected chi connectivity index (χ1v) is 9.35. The number of nitrogens with two attached hydrogens (primary N) is 1. The van der Waals surface area contributed by atoms with Crippen molar-refractivity contribution in [2.45, 2.75) is 11.7 Å². The minimum atomic E-state index is -0.0246. The molecule has 2 aromatic heterocycles. The monoisotopic (exact) mass is 387 g/mol. The smallest absolute Gasteiger partial charge is 0.233 e. The molecule has 0 aliphatic heterocycles. The van der Waals surface area contributed by atoms with Crippen LogP contribution in [0.1, 0.15) is 5.56 Å². The Morgan fingerprint density at radius 3 is 2.78 bits per heavy atom. The second kappa shape index (κ2) is 9.24. The van der Waals surface area contributed by atoms with Crippen LogP contribution in [0.15, 0.2) is 58.3 Å². The Hall–Kier alpha value is -2.78. The van der Waals surface area contributed by atoms with Gasteiger partial charge in [0, 0.05) is 20.2 Å². The van der Waals surface area contributed by atoms with Crippen molar-refractivity contribution in [3.63, 3.8) is 0 Å². The molecule has 2 N–H and O–H groups in total. The number of ether oxygens (including phenoxy) is 1. The van der Waals surface area contributed by atoms with Crippen molar-refractivity contribution < 1.29 is 13.9 Å². The van der Waals surface area contributed by atoms with Gasteiger partial charge in [-0.3, -0.25) is 4.79 Å². The maximum absolute atomic E-state index is 12.7. The van der Waals surface area contributed by atoms with Gasteiger partial charge >= 0.3 is 0 Å². The molecule has 0 unspecified atom stereocenters. The van der Waals surface area contributed by atoms with E-state index in [1.807, 2.05) is 30.3 Å². The van der Waals surface area contributed by atoms with Crippen molar-refractivity contribution >= 4 is 17.7 Å². The molecule has 8 nitrogen and oxygen atoms in total. The van der Waals surface area contributed by atoms with Crippen LogP contribution in [0.4, 0.5) is 0 Å². The summed E-state index contributed by atoms with van der Waals surface area (Å²) in [7, 11) is 1.62. The van der Waals surface area contributed by atoms with E-state index in [1.54, 1.807) is 24.1 Å². The first-order valence-electron chi connectivity index (χ1n) is 8.37. The lowest BCUT2D eigenvalue weighted by atomic mass is 10.2. The fourth-order valence-electron chi connectivity index (χ4n) is 2.46. The van der Waals surface area contributed by atoms with Crippen LogP contribution in [-0.4, -0.2) is 51.7 Å². The largest absolute Gasteiger partial charge is 0.461 e. The molecule has 27 heavy (non-hydrogen) atoms. The number of methoxy groups -OCH3 is 1. The number of furan rings is 1. The number of thioether (sulfide) groups is 1. The molecule has 2 heterocycles. The van der Waals surface area contributed by atoms with E-state index in [1.165, 1.54) is 22.7 Å². The molecular formula is C18H21N5O3S. The molecule has 0 saturated carbocycles. The lowest BCUT2D eigenvalue weighted by molar-refractivity contribution is -0.129. The molecule has 0 spiro atoms. The normalized spacial score (nSPS) is 10.9. The average molecular weight is 387 g/mol. The van der Waals surface area contributed by atoms with E-state index in [9.17, 15) is 4.79 Å². The zero-order chi connectivity index (χ0) is 19.1. The van der Waals surface area contributed by atoms with Gasteiger partial charge in [0.05, 0.1) is 18.6 Å². The Morgan fingerprint density at radius 1 is 1.26 bits per heavy atom. The zero-order valence-corrected chi connectivity index (χ0v) is 15.8. The number of nitrogens with zero attached hydrogens (tertiary/aromatic N) is 4. The van der Waals surface area contributed by atoms with E-state index >= 15 is 0 Å². The Balaban J connectivity index is 1.63. The first kappa shape index (κ1) is 19.0. The molecular weight excluding hydrogens is 366 g/mol. The summed E-state index contributed by atoms with van der Waals surface area (Å²) in [5, 5.41) is 8.52. The summed E-state index contributed by atoms with van der Waals surface area (Å²) in [5.74, 6) is 7.14. The highest BCUT2D eigenvalue weighted by Gasteiger charge is 2.18. The van der Waals surface area contributed by atoms with Crippen molar-refractivity contribution in [2.75, 3.05) is 31.9 Å². The van der Waals surface area contributed by atoms with Crippen LogP contribution in [-0.2, 0) is 16.1 Å². The van der Waals surface area contributed by atoms with Gasteiger partial charge in [-0.05, 0) is 17.7 Å². The summed E-state index contributed by atoms with van der Waals surface area (Å²) < 4.78 is 11.7. The zero-order valence-electron chi connectivity index (χ0n) is 14.9. The molecule has 1 amide bonds. The summed E-state index contributed by atoms with van der Waals surface area (Å²) in [5.41, 5.74) is 1.06. The maximum Gasteiger partial charge on any atom is 0.233 e. The molecule has 0 atom stereocenters. The second-order valence-corrected chi connectivity index (χ2v) is 6.68. The molecule has 142 valence electrons. The quantitative estimate of drug-likeness (QED) is 0.443. The van der Waals surface area contributed by atoms with E-state index in [0.717, 1.165) is 5.56 Å². The van der Waals surface area contributed by atoms with Gasteiger partial charge in [-0.25, -0.2) is 4.68 Å². The summed E-state index contributed by atoms with van der Waals surface area (Å²) in [6.45, 7) is 1.51. The standard InChI is InChI=1S/C18H21N5O3S/c1-25-11-9-22(12-14-6-3-2-4-7-14)16(24)13-27-18-21-20-17(23(18)19)15-8-5-10-26-15/h2-8,10H,9,11-13,19H2,1H3. The number of carbonyl (C=O) groups excluding carboxylic acids is 1. The van der Waals surface area contributed by atoms with E-state index in [2.05, 4.69) is 10.2 Å². The molecule has 0 aliphatic carbocycles. The van der Waals surface area contributed by atoms with Crippen molar-refractivity contribution in [2.24, 2.45) is 0 Å². The third-order valence-electron chi connectivity index (χ3n) is 3.87. The minimum absolute atomic E-state index is 0.0246. The third kappa shape index (κ3) is 4.89. The summed E-state index contributed by atoms with van der Waals surface area (Å²) in [6.07, 6.45) is 1.54. The van der Waals surface area contributed by atoms with Gasteiger partial charge in [0.15, 0.2) is 5.76 Å². The average Bonchev–Trinajstić information content (AvgIpc) is 3.33. The number of aromatic nitrogens is 3. The number of amides is 1. The molecule has 3 aromatic rings. The van der Waals surface area contributed by atoms with Crippen LogP contribution in [0.25, 0.3) is 11.6 Å². The number of nitrogen functional groups attached to an aromatic ring is 1. The Bertz CT molecular complexity index is 851. The van der Waals surface area contributed by atoms with Crippen molar-refractivity contribution in [1.29, 1.82) is 0 Å². The van der Waals surface area contributed by atoms with Crippen molar-refractivity contribution in [1.82, 2.24) is 19.8 Å². The molecule has 1 aromatic carbocycles. The Morgan fingerprint density at radius 2 is 2.07 bits per heavy atom. The number of carbonyl (C=O) groups is 1. The van der Waals surface area contributed by atoms with E-state index in [-0.39, 0.29) is 11.7 Å². The third-order valence-corrected chi connectivity index (χ3v) is 4.79. The highest BCUT2D eigenvalue weighted by Crippen LogP contribution is 2.22. The SMILES string of the molecule is COCCN(Cc1ccccc1)C(=O)CSc1nnc(-c2ccco2)n1N. The predicted molar refractivity (Wildman–Crippen MR) is 102 cm³/mol.